The number of fused-ring (bicyclic) bond motifs is 1. The first-order valence-corrected chi connectivity index (χ1v) is 12.5. The minimum absolute atomic E-state index is 0.0360. The molecule has 0 spiro atoms. The van der Waals surface area contributed by atoms with E-state index in [2.05, 4.69) is 23.8 Å². The van der Waals surface area contributed by atoms with Gasteiger partial charge in [-0.3, -0.25) is 0 Å². The summed E-state index contributed by atoms with van der Waals surface area (Å²) >= 11 is 0. The number of ether oxygens (including phenoxy) is 3. The van der Waals surface area contributed by atoms with Crippen LogP contribution in [0.1, 0.15) is 48.9 Å². The Hall–Kier alpha value is -3.59. The molecule has 2 heterocycles. The van der Waals surface area contributed by atoms with Gasteiger partial charge in [0.15, 0.2) is 0 Å². The summed E-state index contributed by atoms with van der Waals surface area (Å²) < 4.78 is 62.5. The zero-order valence-corrected chi connectivity index (χ0v) is 22.2. The first-order chi connectivity index (χ1) is 18.2. The maximum atomic E-state index is 14.7. The first-order valence-electron chi connectivity index (χ1n) is 12.5. The van der Waals surface area contributed by atoms with E-state index in [1.165, 1.54) is 13.2 Å². The van der Waals surface area contributed by atoms with E-state index in [0.717, 1.165) is 5.56 Å². The van der Waals surface area contributed by atoms with Crippen LogP contribution in [0.25, 0.3) is 22.4 Å². The van der Waals surface area contributed by atoms with Crippen molar-refractivity contribution in [2.75, 3.05) is 27.4 Å². The van der Waals surface area contributed by atoms with Crippen LogP contribution in [0.3, 0.4) is 0 Å². The third-order valence-corrected chi connectivity index (χ3v) is 6.43. The van der Waals surface area contributed by atoms with Crippen molar-refractivity contribution < 1.29 is 27.4 Å². The number of methoxy groups -OCH3 is 2. The van der Waals surface area contributed by atoms with E-state index in [-0.39, 0.29) is 23.0 Å². The van der Waals surface area contributed by atoms with Crippen molar-refractivity contribution in [2.24, 2.45) is 0 Å². The molecular formula is C29H32F3N3O3. The van der Waals surface area contributed by atoms with Crippen molar-refractivity contribution in [2.45, 2.75) is 45.8 Å². The fourth-order valence-electron chi connectivity index (χ4n) is 4.61. The van der Waals surface area contributed by atoms with Gasteiger partial charge < -0.3 is 18.8 Å². The van der Waals surface area contributed by atoms with Gasteiger partial charge in [0.25, 0.3) is 0 Å². The van der Waals surface area contributed by atoms with E-state index in [1.807, 2.05) is 24.3 Å². The van der Waals surface area contributed by atoms with Crippen LogP contribution in [0.5, 0.6) is 11.6 Å². The lowest BCUT2D eigenvalue weighted by molar-refractivity contribution is -0.137. The average Bonchev–Trinajstić information content (AvgIpc) is 3.26. The average molecular weight is 528 g/mol. The normalized spacial score (nSPS) is 11.9. The number of aromatic nitrogens is 3. The van der Waals surface area contributed by atoms with Crippen LogP contribution in [-0.4, -0.2) is 42.0 Å². The molecule has 202 valence electrons. The highest BCUT2D eigenvalue weighted by Crippen LogP contribution is 2.43. The molecule has 0 aliphatic carbocycles. The maximum Gasteiger partial charge on any atom is 0.418 e. The Morgan fingerprint density at radius 1 is 1.03 bits per heavy atom. The van der Waals surface area contributed by atoms with Crippen LogP contribution in [0.4, 0.5) is 13.2 Å². The standard InChI is InChI=1S/C29H32F3N3O3/c1-6-38-28-21(8-7-13-33-28)16-22-17-23(37-5)26-25(24(22)29(30,31)32)34-27(35(26)14-15-36-4)20-11-9-19(10-12-20)18(2)3/h7-13,17-18H,6,14-16H2,1-5H3. The number of hydrogen-bond acceptors (Lipinski definition) is 5. The molecule has 0 amide bonds. The lowest BCUT2D eigenvalue weighted by Crippen LogP contribution is -2.13. The molecule has 0 saturated carbocycles. The van der Waals surface area contributed by atoms with E-state index in [1.54, 1.807) is 36.9 Å². The molecule has 38 heavy (non-hydrogen) atoms. The third kappa shape index (κ3) is 5.48. The van der Waals surface area contributed by atoms with Crippen LogP contribution in [-0.2, 0) is 23.9 Å². The Kier molecular flexibility index (Phi) is 8.26. The van der Waals surface area contributed by atoms with Gasteiger partial charge in [-0.15, -0.1) is 0 Å². The van der Waals surface area contributed by atoms with Gasteiger partial charge in [0, 0.05) is 37.4 Å². The number of halogens is 3. The van der Waals surface area contributed by atoms with Crippen LogP contribution in [0.15, 0.2) is 48.7 Å². The molecular weight excluding hydrogens is 495 g/mol. The summed E-state index contributed by atoms with van der Waals surface area (Å²) in [5, 5.41) is 0. The number of alkyl halides is 3. The van der Waals surface area contributed by atoms with E-state index in [4.69, 9.17) is 14.2 Å². The summed E-state index contributed by atoms with van der Waals surface area (Å²) in [6.45, 7) is 6.92. The van der Waals surface area contributed by atoms with Crippen molar-refractivity contribution in [1.29, 1.82) is 0 Å². The van der Waals surface area contributed by atoms with E-state index < -0.39 is 11.7 Å². The van der Waals surface area contributed by atoms with E-state index in [0.29, 0.717) is 54.3 Å². The van der Waals surface area contributed by atoms with Gasteiger partial charge >= 0.3 is 6.18 Å². The predicted molar refractivity (Wildman–Crippen MR) is 141 cm³/mol. The van der Waals surface area contributed by atoms with Gasteiger partial charge in [-0.05, 0) is 36.1 Å². The molecule has 0 bridgehead atoms. The number of benzene rings is 2. The highest BCUT2D eigenvalue weighted by atomic mass is 19.4. The Balaban J connectivity index is 1.99. The SMILES string of the molecule is CCOc1ncccc1Cc1cc(OC)c2c(nc(-c3ccc(C(C)C)cc3)n2CCOC)c1C(F)(F)F. The summed E-state index contributed by atoms with van der Waals surface area (Å²) in [6, 6.07) is 12.6. The van der Waals surface area contributed by atoms with E-state index in [9.17, 15) is 13.2 Å². The largest absolute Gasteiger partial charge is 0.494 e. The summed E-state index contributed by atoms with van der Waals surface area (Å²) in [4.78, 5) is 8.81. The van der Waals surface area contributed by atoms with Crippen molar-refractivity contribution in [3.05, 3.63) is 70.9 Å². The van der Waals surface area contributed by atoms with Gasteiger partial charge in [0.1, 0.15) is 22.6 Å². The molecule has 2 aromatic heterocycles. The highest BCUT2D eigenvalue weighted by Gasteiger charge is 2.39. The molecule has 4 rings (SSSR count). The number of hydrogen-bond donors (Lipinski definition) is 0. The molecule has 0 N–H and O–H groups in total. The predicted octanol–water partition coefficient (Wildman–Crippen LogP) is 6.89. The summed E-state index contributed by atoms with van der Waals surface area (Å²) in [5.74, 6) is 1.35. The van der Waals surface area contributed by atoms with Crippen LogP contribution >= 0.6 is 0 Å². The summed E-state index contributed by atoms with van der Waals surface area (Å²) in [7, 11) is 3.00. The lowest BCUT2D eigenvalue weighted by atomic mass is 9.97. The van der Waals surface area contributed by atoms with Crippen molar-refractivity contribution in [3.63, 3.8) is 0 Å². The summed E-state index contributed by atoms with van der Waals surface area (Å²) in [5.41, 5.74) is 1.75. The third-order valence-electron chi connectivity index (χ3n) is 6.43. The molecule has 9 heteroatoms. The van der Waals surface area contributed by atoms with Gasteiger partial charge in [-0.1, -0.05) is 44.2 Å². The van der Waals surface area contributed by atoms with Crippen LogP contribution in [0.2, 0.25) is 0 Å². The van der Waals surface area contributed by atoms with Gasteiger partial charge in [0.05, 0.1) is 25.9 Å². The molecule has 0 aliphatic heterocycles. The van der Waals surface area contributed by atoms with E-state index >= 15 is 0 Å². The quantitative estimate of drug-likeness (QED) is 0.225. The Labute approximate surface area is 220 Å². The number of nitrogens with zero attached hydrogens (tertiary/aromatic N) is 3. The minimum Gasteiger partial charge on any atom is -0.494 e. The second-order valence-corrected chi connectivity index (χ2v) is 9.24. The Morgan fingerprint density at radius 2 is 1.76 bits per heavy atom. The topological polar surface area (TPSA) is 58.4 Å². The molecule has 0 unspecified atom stereocenters. The second-order valence-electron chi connectivity index (χ2n) is 9.24. The fraction of sp³-hybridized carbons (Fsp3) is 0.379. The van der Waals surface area contributed by atoms with Crippen LogP contribution < -0.4 is 9.47 Å². The Morgan fingerprint density at radius 3 is 2.37 bits per heavy atom. The van der Waals surface area contributed by atoms with Crippen LogP contribution in [0, 0.1) is 0 Å². The molecule has 0 atom stereocenters. The number of rotatable bonds is 10. The molecule has 4 aromatic rings. The Bertz CT molecular complexity index is 1400. The number of pyridine rings is 1. The first kappa shape index (κ1) is 27.4. The maximum absolute atomic E-state index is 14.7. The van der Waals surface area contributed by atoms with Gasteiger partial charge in [-0.2, -0.15) is 13.2 Å². The van der Waals surface area contributed by atoms with Gasteiger partial charge in [0.2, 0.25) is 5.88 Å². The zero-order chi connectivity index (χ0) is 27.4. The molecule has 0 fully saturated rings. The minimum atomic E-state index is -4.66. The smallest absolute Gasteiger partial charge is 0.418 e. The fourth-order valence-corrected chi connectivity index (χ4v) is 4.61. The highest BCUT2D eigenvalue weighted by molar-refractivity contribution is 5.90. The molecule has 0 aliphatic rings. The van der Waals surface area contributed by atoms with Gasteiger partial charge in [-0.25, -0.2) is 9.97 Å². The molecule has 2 aromatic carbocycles. The zero-order valence-electron chi connectivity index (χ0n) is 22.2. The summed E-state index contributed by atoms with van der Waals surface area (Å²) in [6.07, 6.45) is -3.15. The molecule has 6 nitrogen and oxygen atoms in total. The monoisotopic (exact) mass is 527 g/mol. The number of imidazole rings is 1. The lowest BCUT2D eigenvalue weighted by Gasteiger charge is -2.18. The second kappa shape index (κ2) is 11.4. The van der Waals surface area contributed by atoms with Crippen molar-refractivity contribution in [1.82, 2.24) is 14.5 Å². The molecule has 0 saturated heterocycles. The van der Waals surface area contributed by atoms with Crippen molar-refractivity contribution in [3.8, 4) is 23.0 Å². The van der Waals surface area contributed by atoms with Crippen molar-refractivity contribution >= 4 is 11.0 Å². The molecule has 0 radical (unpaired) electrons.